The molecule has 12 heteroatoms. The van der Waals surface area contributed by atoms with Crippen molar-refractivity contribution in [3.05, 3.63) is 66.2 Å². The quantitative estimate of drug-likeness (QED) is 0.322. The maximum absolute atomic E-state index is 13.6. The van der Waals surface area contributed by atoms with Gasteiger partial charge in [-0.25, -0.2) is 8.42 Å². The zero-order valence-corrected chi connectivity index (χ0v) is 24.1. The van der Waals surface area contributed by atoms with Crippen molar-refractivity contribution in [2.45, 2.75) is 4.90 Å². The van der Waals surface area contributed by atoms with E-state index in [2.05, 4.69) is 10.0 Å². The number of carbonyl (C=O) groups is 1. The number of methoxy groups -OCH3 is 4. The van der Waals surface area contributed by atoms with Gasteiger partial charge >= 0.3 is 0 Å². The molecular weight excluding hydrogens is 550 g/mol. The predicted molar refractivity (Wildman–Crippen MR) is 157 cm³/mol. The van der Waals surface area contributed by atoms with Crippen LogP contribution in [0.2, 0.25) is 0 Å². The molecule has 1 saturated heterocycles. The van der Waals surface area contributed by atoms with E-state index in [-0.39, 0.29) is 4.90 Å². The Morgan fingerprint density at radius 2 is 1.49 bits per heavy atom. The SMILES string of the molecule is COc1ccc(NS(=O)(=O)c2cc(NC(=O)C=Cc3cc(OC)c(OC)c(OC)c3)ccc2N2CCOCC2)cc1. The molecule has 41 heavy (non-hydrogen) atoms. The second kappa shape index (κ2) is 13.3. The number of rotatable bonds is 11. The molecule has 1 amide bonds. The summed E-state index contributed by atoms with van der Waals surface area (Å²) in [7, 11) is 2.03. The number of anilines is 3. The molecule has 0 radical (unpaired) electrons. The van der Waals surface area contributed by atoms with Gasteiger partial charge in [-0.1, -0.05) is 0 Å². The van der Waals surface area contributed by atoms with Gasteiger partial charge in [-0.15, -0.1) is 0 Å². The van der Waals surface area contributed by atoms with E-state index in [4.69, 9.17) is 23.7 Å². The molecule has 3 aromatic rings. The van der Waals surface area contributed by atoms with Crippen LogP contribution in [0.1, 0.15) is 5.56 Å². The Balaban J connectivity index is 1.60. The van der Waals surface area contributed by atoms with Crippen LogP contribution in [-0.2, 0) is 19.6 Å². The Hall–Kier alpha value is -4.42. The number of benzene rings is 3. The second-order valence-corrected chi connectivity index (χ2v) is 10.5. The van der Waals surface area contributed by atoms with E-state index >= 15 is 0 Å². The van der Waals surface area contributed by atoms with E-state index in [0.29, 0.717) is 71.9 Å². The normalized spacial score (nSPS) is 13.5. The van der Waals surface area contributed by atoms with E-state index < -0.39 is 15.9 Å². The molecule has 0 atom stereocenters. The van der Waals surface area contributed by atoms with Crippen LogP contribution >= 0.6 is 0 Å². The molecule has 2 N–H and O–H groups in total. The lowest BCUT2D eigenvalue weighted by Crippen LogP contribution is -2.37. The molecule has 1 fully saturated rings. The Morgan fingerprint density at radius 1 is 0.854 bits per heavy atom. The molecule has 0 bridgehead atoms. The largest absolute Gasteiger partial charge is 0.497 e. The highest BCUT2D eigenvalue weighted by molar-refractivity contribution is 7.92. The molecule has 0 unspecified atom stereocenters. The fourth-order valence-corrected chi connectivity index (χ4v) is 5.61. The summed E-state index contributed by atoms with van der Waals surface area (Å²) >= 11 is 0. The number of sulfonamides is 1. The zero-order chi connectivity index (χ0) is 29.4. The van der Waals surface area contributed by atoms with Crippen molar-refractivity contribution in [2.24, 2.45) is 0 Å². The average molecular weight is 584 g/mol. The molecule has 11 nitrogen and oxygen atoms in total. The van der Waals surface area contributed by atoms with E-state index in [0.717, 1.165) is 0 Å². The summed E-state index contributed by atoms with van der Waals surface area (Å²) in [5.41, 5.74) is 1.85. The number of nitrogens with zero attached hydrogens (tertiary/aromatic N) is 1. The van der Waals surface area contributed by atoms with Crippen LogP contribution < -0.4 is 33.9 Å². The van der Waals surface area contributed by atoms with E-state index in [1.54, 1.807) is 54.6 Å². The molecule has 4 rings (SSSR count). The number of ether oxygens (including phenoxy) is 5. The highest BCUT2D eigenvalue weighted by Gasteiger charge is 2.24. The monoisotopic (exact) mass is 583 g/mol. The smallest absolute Gasteiger partial charge is 0.264 e. The first-order valence-electron chi connectivity index (χ1n) is 12.7. The summed E-state index contributed by atoms with van der Waals surface area (Å²) in [5, 5.41) is 2.75. The number of amides is 1. The lowest BCUT2D eigenvalue weighted by atomic mass is 10.1. The van der Waals surface area contributed by atoms with Gasteiger partial charge in [0.1, 0.15) is 10.6 Å². The van der Waals surface area contributed by atoms with Gasteiger partial charge in [-0.2, -0.15) is 0 Å². The van der Waals surface area contributed by atoms with Gasteiger partial charge in [0.05, 0.1) is 47.3 Å². The Bertz CT molecular complexity index is 1480. The highest BCUT2D eigenvalue weighted by Crippen LogP contribution is 2.38. The number of morpholine rings is 1. The summed E-state index contributed by atoms with van der Waals surface area (Å²) in [4.78, 5) is 14.8. The summed E-state index contributed by atoms with van der Waals surface area (Å²) in [6, 6.07) is 14.8. The van der Waals surface area contributed by atoms with Crippen LogP contribution in [0.4, 0.5) is 17.1 Å². The van der Waals surface area contributed by atoms with Crippen LogP contribution in [0.3, 0.4) is 0 Å². The van der Waals surface area contributed by atoms with Crippen LogP contribution in [0.5, 0.6) is 23.0 Å². The van der Waals surface area contributed by atoms with Crippen molar-refractivity contribution in [2.75, 3.05) is 69.7 Å². The van der Waals surface area contributed by atoms with Gasteiger partial charge < -0.3 is 33.9 Å². The maximum Gasteiger partial charge on any atom is 0.264 e. The van der Waals surface area contributed by atoms with Crippen molar-refractivity contribution in [3.8, 4) is 23.0 Å². The van der Waals surface area contributed by atoms with Crippen LogP contribution in [0.25, 0.3) is 6.08 Å². The lowest BCUT2D eigenvalue weighted by molar-refractivity contribution is -0.111. The minimum atomic E-state index is -4.03. The minimum Gasteiger partial charge on any atom is -0.497 e. The number of carbonyl (C=O) groups excluding carboxylic acids is 1. The van der Waals surface area contributed by atoms with Crippen molar-refractivity contribution in [3.63, 3.8) is 0 Å². The van der Waals surface area contributed by atoms with E-state index in [9.17, 15) is 13.2 Å². The van der Waals surface area contributed by atoms with Gasteiger partial charge in [0.25, 0.3) is 10.0 Å². The molecule has 0 aliphatic carbocycles. The number of hydrogen-bond donors (Lipinski definition) is 2. The standard InChI is InChI=1S/C29H33N3O8S/c1-36-23-9-6-21(7-10-23)31-41(34,35)27-19-22(8-11-24(27)32-13-15-40-16-14-32)30-28(33)12-5-20-17-25(37-2)29(39-4)26(18-20)38-3/h5-12,17-19,31H,13-16H2,1-4H3,(H,30,33). The van der Waals surface area contributed by atoms with Gasteiger partial charge in [-0.05, 0) is 66.2 Å². The van der Waals surface area contributed by atoms with Crippen LogP contribution in [0, 0.1) is 0 Å². The van der Waals surface area contributed by atoms with Crippen molar-refractivity contribution in [1.82, 2.24) is 0 Å². The Kier molecular flexibility index (Phi) is 9.58. The first-order chi connectivity index (χ1) is 19.8. The molecule has 1 aliphatic rings. The predicted octanol–water partition coefficient (Wildman–Crippen LogP) is 4.01. The second-order valence-electron chi connectivity index (χ2n) is 8.90. The molecule has 1 aliphatic heterocycles. The molecule has 1 heterocycles. The fraction of sp³-hybridized carbons (Fsp3) is 0.276. The van der Waals surface area contributed by atoms with Gasteiger partial charge in [0.15, 0.2) is 11.5 Å². The first-order valence-corrected chi connectivity index (χ1v) is 14.2. The van der Waals surface area contributed by atoms with Gasteiger partial charge in [-0.3, -0.25) is 9.52 Å². The first kappa shape index (κ1) is 29.6. The lowest BCUT2D eigenvalue weighted by Gasteiger charge is -2.30. The molecule has 0 spiro atoms. The summed E-state index contributed by atoms with van der Waals surface area (Å²) in [5.74, 6) is 1.49. The van der Waals surface area contributed by atoms with Gasteiger partial charge in [0.2, 0.25) is 11.7 Å². The maximum atomic E-state index is 13.6. The van der Waals surface area contributed by atoms with Crippen molar-refractivity contribution in [1.29, 1.82) is 0 Å². The third-order valence-corrected chi connectivity index (χ3v) is 7.74. The summed E-state index contributed by atoms with van der Waals surface area (Å²) in [6.07, 6.45) is 2.92. The van der Waals surface area contributed by atoms with Crippen molar-refractivity contribution < 1.29 is 36.9 Å². The van der Waals surface area contributed by atoms with Crippen LogP contribution in [0.15, 0.2) is 65.6 Å². The number of nitrogens with one attached hydrogen (secondary N) is 2. The van der Waals surface area contributed by atoms with E-state index in [1.165, 1.54) is 40.6 Å². The Labute approximate surface area is 239 Å². The van der Waals surface area contributed by atoms with Gasteiger partial charge in [0, 0.05) is 30.5 Å². The fourth-order valence-electron chi connectivity index (χ4n) is 4.30. The van der Waals surface area contributed by atoms with Crippen LogP contribution in [-0.4, -0.2) is 69.1 Å². The molecule has 218 valence electrons. The third-order valence-electron chi connectivity index (χ3n) is 6.33. The number of hydrogen-bond acceptors (Lipinski definition) is 9. The van der Waals surface area contributed by atoms with Crippen molar-refractivity contribution >= 4 is 39.1 Å². The zero-order valence-electron chi connectivity index (χ0n) is 23.3. The molecule has 0 saturated carbocycles. The molecular formula is C29H33N3O8S. The third kappa shape index (κ3) is 7.21. The Morgan fingerprint density at radius 3 is 2.07 bits per heavy atom. The summed E-state index contributed by atoms with van der Waals surface area (Å²) in [6.45, 7) is 2.04. The molecule has 0 aromatic heterocycles. The van der Waals surface area contributed by atoms with E-state index in [1.807, 2.05) is 4.90 Å². The highest BCUT2D eigenvalue weighted by atomic mass is 32.2. The summed E-state index contributed by atoms with van der Waals surface area (Å²) < 4.78 is 56.4. The topological polar surface area (TPSA) is 125 Å². The minimum absolute atomic E-state index is 0.0293. The average Bonchev–Trinajstić information content (AvgIpc) is 3.00. The molecule has 3 aromatic carbocycles.